The van der Waals surface area contributed by atoms with Crippen LogP contribution in [0.25, 0.3) is 10.9 Å². The molecule has 0 amide bonds. The number of aromatic nitrogens is 1. The topological polar surface area (TPSA) is 4.93 Å². The molecule has 2 aromatic rings. The van der Waals surface area contributed by atoms with Crippen molar-refractivity contribution in [3.8, 4) is 0 Å². The molecule has 0 spiro atoms. The van der Waals surface area contributed by atoms with E-state index in [4.69, 9.17) is 0 Å². The Balaban J connectivity index is 2.87. The minimum absolute atomic E-state index is 0.162. The van der Waals surface area contributed by atoms with Crippen molar-refractivity contribution < 1.29 is 0 Å². The van der Waals surface area contributed by atoms with Gasteiger partial charge in [0.05, 0.1) is 0 Å². The van der Waals surface area contributed by atoms with Crippen molar-refractivity contribution in [1.82, 2.24) is 4.57 Å². The fraction of sp³-hybridized carbons (Fsp3) is 0.500. The van der Waals surface area contributed by atoms with Crippen molar-refractivity contribution in [3.63, 3.8) is 0 Å². The zero-order chi connectivity index (χ0) is 13.7. The van der Waals surface area contributed by atoms with Gasteiger partial charge in [0, 0.05) is 0 Å². The average molecular weight is 350 g/mol. The first-order valence-electron chi connectivity index (χ1n) is 6.74. The fourth-order valence-electron chi connectivity index (χ4n) is 2.59. The van der Waals surface area contributed by atoms with Crippen LogP contribution in [0.1, 0.15) is 26.3 Å². The van der Waals surface area contributed by atoms with Gasteiger partial charge in [0.2, 0.25) is 0 Å². The molecule has 0 aliphatic rings. The third-order valence-corrected chi connectivity index (χ3v) is 8.84. The first kappa shape index (κ1) is 14.0. The standard InChI is InChI=1S/C13H16N.3CH3.Sn/c1-10-5-6-11-7-8-14(12(11)9-10)13(2,3)4;;;;/h5-7,9H,1-4H3;3*1H3;. The Morgan fingerprint density at radius 3 is 2.11 bits per heavy atom. The van der Waals surface area contributed by atoms with Crippen molar-refractivity contribution in [2.24, 2.45) is 0 Å². The third kappa shape index (κ3) is 2.47. The van der Waals surface area contributed by atoms with E-state index in [9.17, 15) is 0 Å². The molecule has 2 rings (SSSR count). The van der Waals surface area contributed by atoms with Gasteiger partial charge in [-0.1, -0.05) is 0 Å². The second kappa shape index (κ2) is 4.29. The number of aryl methyl sites for hydroxylation is 1. The van der Waals surface area contributed by atoms with E-state index in [2.05, 4.69) is 71.3 Å². The molecule has 0 saturated heterocycles. The molecule has 0 N–H and O–H groups in total. The van der Waals surface area contributed by atoms with Gasteiger partial charge < -0.3 is 0 Å². The number of fused-ring (bicyclic) bond motifs is 1. The number of hydrogen-bond donors (Lipinski definition) is 0. The summed E-state index contributed by atoms with van der Waals surface area (Å²) in [7, 11) is 0. The van der Waals surface area contributed by atoms with Crippen LogP contribution in [-0.4, -0.2) is 22.9 Å². The maximum atomic E-state index is 2.59. The summed E-state index contributed by atoms with van der Waals surface area (Å²) in [5, 5.41) is 1.40. The van der Waals surface area contributed by atoms with Gasteiger partial charge >= 0.3 is 115 Å². The summed E-state index contributed by atoms with van der Waals surface area (Å²) in [5.41, 5.74) is 2.92. The van der Waals surface area contributed by atoms with E-state index in [-0.39, 0.29) is 5.54 Å². The molecule has 18 heavy (non-hydrogen) atoms. The summed E-state index contributed by atoms with van der Waals surface area (Å²) in [5.74, 6) is 0. The SMILES string of the molecule is Cc1ccc2c[c]([Sn]([CH3])([CH3])[CH3])n(C(C)(C)C)c2c1. The first-order chi connectivity index (χ1) is 8.10. The second-order valence-corrected chi connectivity index (χ2v) is 21.7. The van der Waals surface area contributed by atoms with E-state index in [1.54, 1.807) is 3.71 Å². The van der Waals surface area contributed by atoms with E-state index in [1.807, 2.05) is 0 Å². The number of hydrogen-bond acceptors (Lipinski definition) is 0. The number of benzene rings is 1. The van der Waals surface area contributed by atoms with Crippen LogP contribution in [0.5, 0.6) is 0 Å². The predicted octanol–water partition coefficient (Wildman–Crippen LogP) is 4.25. The molecule has 0 fully saturated rings. The molecule has 98 valence electrons. The van der Waals surface area contributed by atoms with Crippen LogP contribution in [0.2, 0.25) is 14.8 Å². The van der Waals surface area contributed by atoms with Gasteiger partial charge in [-0.3, -0.25) is 0 Å². The van der Waals surface area contributed by atoms with E-state index in [1.165, 1.54) is 16.5 Å². The summed E-state index contributed by atoms with van der Waals surface area (Å²) in [6, 6.07) is 9.27. The molecule has 0 aliphatic heterocycles. The van der Waals surface area contributed by atoms with Crippen LogP contribution in [-0.2, 0) is 5.54 Å². The molecule has 1 aromatic heterocycles. The Labute approximate surface area is 115 Å². The van der Waals surface area contributed by atoms with Crippen LogP contribution in [0.15, 0.2) is 24.3 Å². The van der Waals surface area contributed by atoms with E-state index < -0.39 is 18.4 Å². The Kier molecular flexibility index (Phi) is 3.33. The Bertz CT molecular complexity index is 579. The molecule has 0 radical (unpaired) electrons. The molecule has 0 saturated carbocycles. The molecular formula is C16H25NSn. The van der Waals surface area contributed by atoms with Crippen LogP contribution in [0, 0.1) is 6.92 Å². The van der Waals surface area contributed by atoms with E-state index in [0.717, 1.165) is 0 Å². The Morgan fingerprint density at radius 1 is 1.00 bits per heavy atom. The summed E-state index contributed by atoms with van der Waals surface area (Å²) in [6.45, 7) is 9.13. The quantitative estimate of drug-likeness (QED) is 0.678. The zero-order valence-corrected chi connectivity index (χ0v) is 15.6. The fourth-order valence-corrected chi connectivity index (χ4v) is 7.48. The third-order valence-electron chi connectivity index (χ3n) is 3.40. The monoisotopic (exact) mass is 351 g/mol. The van der Waals surface area contributed by atoms with E-state index >= 15 is 0 Å². The summed E-state index contributed by atoms with van der Waals surface area (Å²) >= 11 is -2.09. The van der Waals surface area contributed by atoms with Crippen LogP contribution >= 0.6 is 0 Å². The molecular weight excluding hydrogens is 325 g/mol. The molecule has 0 unspecified atom stereocenters. The average Bonchev–Trinajstić information content (AvgIpc) is 2.54. The molecule has 2 heteroatoms. The molecule has 0 atom stereocenters. The van der Waals surface area contributed by atoms with Gasteiger partial charge in [-0.15, -0.1) is 0 Å². The van der Waals surface area contributed by atoms with Gasteiger partial charge in [-0.25, -0.2) is 0 Å². The number of rotatable bonds is 1. The van der Waals surface area contributed by atoms with Gasteiger partial charge in [0.25, 0.3) is 0 Å². The van der Waals surface area contributed by atoms with Gasteiger partial charge in [0.15, 0.2) is 0 Å². The summed E-state index contributed by atoms with van der Waals surface area (Å²) in [4.78, 5) is 7.49. The van der Waals surface area contributed by atoms with Crippen molar-refractivity contribution in [3.05, 3.63) is 29.8 Å². The molecule has 1 nitrogen and oxygen atoms in total. The predicted molar refractivity (Wildman–Crippen MR) is 84.7 cm³/mol. The van der Waals surface area contributed by atoms with Crippen molar-refractivity contribution in [2.45, 2.75) is 48.1 Å². The normalized spacial score (nSPS) is 13.3. The second-order valence-electron chi connectivity index (χ2n) is 7.35. The van der Waals surface area contributed by atoms with Gasteiger partial charge in [0.1, 0.15) is 0 Å². The first-order valence-corrected chi connectivity index (χ1v) is 16.7. The molecule has 0 bridgehead atoms. The number of nitrogens with zero attached hydrogens (tertiary/aromatic N) is 1. The van der Waals surface area contributed by atoms with Crippen molar-refractivity contribution >= 4 is 33.0 Å². The minimum atomic E-state index is -2.09. The van der Waals surface area contributed by atoms with Crippen molar-refractivity contribution in [2.75, 3.05) is 0 Å². The molecule has 1 heterocycles. The zero-order valence-electron chi connectivity index (χ0n) is 12.8. The van der Waals surface area contributed by atoms with Crippen LogP contribution in [0.4, 0.5) is 0 Å². The summed E-state index contributed by atoms with van der Waals surface area (Å²) < 4.78 is 4.21. The Hall–Kier alpha value is -0.441. The van der Waals surface area contributed by atoms with Gasteiger partial charge in [-0.05, 0) is 0 Å². The van der Waals surface area contributed by atoms with Crippen molar-refractivity contribution in [1.29, 1.82) is 0 Å². The van der Waals surface area contributed by atoms with Crippen LogP contribution < -0.4 is 3.71 Å². The summed E-state index contributed by atoms with van der Waals surface area (Å²) in [6.07, 6.45) is 0. The molecule has 0 aliphatic carbocycles. The Morgan fingerprint density at radius 2 is 1.61 bits per heavy atom. The van der Waals surface area contributed by atoms with Crippen LogP contribution in [0.3, 0.4) is 0 Å². The maximum absolute atomic E-state index is 2.59. The molecule has 1 aromatic carbocycles. The van der Waals surface area contributed by atoms with E-state index in [0.29, 0.717) is 0 Å². The van der Waals surface area contributed by atoms with Gasteiger partial charge in [-0.2, -0.15) is 0 Å².